The van der Waals surface area contributed by atoms with Crippen LogP contribution in [0, 0.1) is 6.92 Å². The van der Waals surface area contributed by atoms with Crippen LogP contribution in [0.5, 0.6) is 5.75 Å². The number of rotatable bonds is 5. The number of aryl methyl sites for hydroxylation is 1. The van der Waals surface area contributed by atoms with E-state index in [-0.39, 0.29) is 12.2 Å². The fourth-order valence-corrected chi connectivity index (χ4v) is 2.39. The Morgan fingerprint density at radius 2 is 1.92 bits per heavy atom. The minimum Gasteiger partial charge on any atom is -0.495 e. The van der Waals surface area contributed by atoms with Gasteiger partial charge in [-0.3, -0.25) is 4.79 Å². The Kier molecular flexibility index (Phi) is 5.79. The van der Waals surface area contributed by atoms with Crippen LogP contribution in [0.1, 0.15) is 11.1 Å². The Balaban J connectivity index is 2.05. The number of benzene rings is 2. The maximum Gasteiger partial charge on any atom is 0.417 e. The highest BCUT2D eigenvalue weighted by Gasteiger charge is 2.33. The third-order valence-corrected chi connectivity index (χ3v) is 3.68. The van der Waals surface area contributed by atoms with Crippen LogP contribution in [0.4, 0.5) is 24.5 Å². The van der Waals surface area contributed by atoms with E-state index in [0.29, 0.717) is 11.4 Å². The number of alkyl halides is 3. The van der Waals surface area contributed by atoms with Gasteiger partial charge < -0.3 is 15.4 Å². The molecule has 0 spiro atoms. The van der Waals surface area contributed by atoms with E-state index in [4.69, 9.17) is 16.3 Å². The quantitative estimate of drug-likeness (QED) is 0.798. The van der Waals surface area contributed by atoms with Crippen LogP contribution in [0.25, 0.3) is 0 Å². The molecule has 0 aliphatic carbocycles. The number of carbonyl (C=O) groups excluding carboxylic acids is 1. The van der Waals surface area contributed by atoms with Crippen molar-refractivity contribution in [2.45, 2.75) is 13.1 Å². The van der Waals surface area contributed by atoms with Gasteiger partial charge in [0, 0.05) is 5.69 Å². The summed E-state index contributed by atoms with van der Waals surface area (Å²) in [5, 5.41) is 4.88. The van der Waals surface area contributed by atoms with E-state index in [2.05, 4.69) is 10.6 Å². The maximum absolute atomic E-state index is 12.8. The second kappa shape index (κ2) is 7.65. The number of carbonyl (C=O) groups is 1. The number of anilines is 2. The molecule has 25 heavy (non-hydrogen) atoms. The molecule has 2 rings (SSSR count). The molecule has 0 saturated carbocycles. The zero-order valence-electron chi connectivity index (χ0n) is 13.5. The Hall–Kier alpha value is -2.41. The lowest BCUT2D eigenvalue weighted by Crippen LogP contribution is -2.22. The topological polar surface area (TPSA) is 50.4 Å². The summed E-state index contributed by atoms with van der Waals surface area (Å²) >= 11 is 5.55. The highest BCUT2D eigenvalue weighted by Crippen LogP contribution is 2.36. The van der Waals surface area contributed by atoms with Crippen LogP contribution < -0.4 is 15.4 Å². The van der Waals surface area contributed by atoms with Crippen molar-refractivity contribution < 1.29 is 22.7 Å². The van der Waals surface area contributed by atoms with E-state index < -0.39 is 22.7 Å². The summed E-state index contributed by atoms with van der Waals surface area (Å²) < 4.78 is 43.7. The largest absolute Gasteiger partial charge is 0.495 e. The van der Waals surface area contributed by atoms with E-state index in [1.807, 2.05) is 13.0 Å². The van der Waals surface area contributed by atoms with E-state index in [1.165, 1.54) is 13.2 Å². The molecular formula is C17H16ClF3N2O2. The van der Waals surface area contributed by atoms with Gasteiger partial charge in [-0.15, -0.1) is 0 Å². The summed E-state index contributed by atoms with van der Waals surface area (Å²) in [6, 6.07) is 8.62. The first kappa shape index (κ1) is 18.9. The number of methoxy groups -OCH3 is 1. The van der Waals surface area contributed by atoms with Crippen LogP contribution >= 0.6 is 11.6 Å². The predicted molar refractivity (Wildman–Crippen MR) is 91.3 cm³/mol. The van der Waals surface area contributed by atoms with Gasteiger partial charge in [0.15, 0.2) is 0 Å². The standard InChI is InChI=1S/C17H16ClF3N2O2/c1-10-3-6-15(25-2)14(7-10)22-9-16(24)23-11-4-5-13(18)12(8-11)17(19,20)21/h3-8,22H,9H2,1-2H3,(H,23,24). The number of ether oxygens (including phenoxy) is 1. The van der Waals surface area contributed by atoms with Crippen molar-refractivity contribution in [2.75, 3.05) is 24.3 Å². The molecule has 0 atom stereocenters. The van der Waals surface area contributed by atoms with Gasteiger partial charge in [0.25, 0.3) is 0 Å². The van der Waals surface area contributed by atoms with Gasteiger partial charge in [-0.25, -0.2) is 0 Å². The van der Waals surface area contributed by atoms with E-state index in [0.717, 1.165) is 17.7 Å². The zero-order chi connectivity index (χ0) is 18.6. The van der Waals surface area contributed by atoms with E-state index >= 15 is 0 Å². The molecule has 8 heteroatoms. The highest BCUT2D eigenvalue weighted by atomic mass is 35.5. The molecule has 0 saturated heterocycles. The predicted octanol–water partition coefficient (Wildman–Crippen LogP) is 4.73. The molecule has 2 aromatic rings. The van der Waals surface area contributed by atoms with Crippen molar-refractivity contribution in [1.29, 1.82) is 0 Å². The molecule has 0 radical (unpaired) electrons. The van der Waals surface area contributed by atoms with Crippen molar-refractivity contribution >= 4 is 28.9 Å². The fourth-order valence-electron chi connectivity index (χ4n) is 2.16. The molecular weight excluding hydrogens is 357 g/mol. The molecule has 134 valence electrons. The summed E-state index contributed by atoms with van der Waals surface area (Å²) in [5.74, 6) is 0.0586. The first-order valence-corrected chi connectivity index (χ1v) is 7.63. The smallest absolute Gasteiger partial charge is 0.417 e. The molecule has 0 aliphatic rings. The minimum absolute atomic E-state index is 0.0136. The van der Waals surface area contributed by atoms with Crippen LogP contribution in [0.3, 0.4) is 0 Å². The zero-order valence-corrected chi connectivity index (χ0v) is 14.3. The number of halogens is 4. The SMILES string of the molecule is COc1ccc(C)cc1NCC(=O)Nc1ccc(Cl)c(C(F)(F)F)c1. The normalized spacial score (nSPS) is 11.1. The first-order valence-electron chi connectivity index (χ1n) is 7.26. The minimum atomic E-state index is -4.59. The van der Waals surface area contributed by atoms with E-state index in [1.54, 1.807) is 12.1 Å². The van der Waals surface area contributed by atoms with Gasteiger partial charge in [-0.05, 0) is 42.8 Å². The van der Waals surface area contributed by atoms with Gasteiger partial charge in [0.1, 0.15) is 5.75 Å². The molecule has 1 amide bonds. The van der Waals surface area contributed by atoms with Crippen molar-refractivity contribution in [2.24, 2.45) is 0 Å². The van der Waals surface area contributed by atoms with Crippen molar-refractivity contribution in [3.8, 4) is 5.75 Å². The molecule has 0 aromatic heterocycles. The van der Waals surface area contributed by atoms with Gasteiger partial charge in [-0.2, -0.15) is 13.2 Å². The molecule has 0 heterocycles. The average molecular weight is 373 g/mol. The number of amides is 1. The summed E-state index contributed by atoms with van der Waals surface area (Å²) in [7, 11) is 1.50. The molecule has 4 nitrogen and oxygen atoms in total. The van der Waals surface area contributed by atoms with E-state index in [9.17, 15) is 18.0 Å². The Morgan fingerprint density at radius 3 is 2.56 bits per heavy atom. The molecule has 0 aliphatic heterocycles. The lowest BCUT2D eigenvalue weighted by molar-refractivity contribution is -0.137. The molecule has 0 fully saturated rings. The van der Waals surface area contributed by atoms with Gasteiger partial charge in [0.05, 0.1) is 29.9 Å². The highest BCUT2D eigenvalue weighted by molar-refractivity contribution is 6.31. The monoisotopic (exact) mass is 372 g/mol. The molecule has 2 aromatic carbocycles. The van der Waals surface area contributed by atoms with Crippen molar-refractivity contribution in [3.05, 3.63) is 52.5 Å². The second-order valence-electron chi connectivity index (χ2n) is 5.30. The van der Waals surface area contributed by atoms with Gasteiger partial charge in [0.2, 0.25) is 5.91 Å². The fraction of sp³-hybridized carbons (Fsp3) is 0.235. The van der Waals surface area contributed by atoms with Crippen LogP contribution in [-0.4, -0.2) is 19.6 Å². The lowest BCUT2D eigenvalue weighted by atomic mass is 10.2. The summed E-state index contributed by atoms with van der Waals surface area (Å²) in [4.78, 5) is 12.0. The lowest BCUT2D eigenvalue weighted by Gasteiger charge is -2.13. The molecule has 2 N–H and O–H groups in total. The summed E-state index contributed by atoms with van der Waals surface area (Å²) in [5.41, 5.74) is 0.598. The van der Waals surface area contributed by atoms with Crippen molar-refractivity contribution in [1.82, 2.24) is 0 Å². The molecule has 0 bridgehead atoms. The van der Waals surface area contributed by atoms with Gasteiger partial charge in [-0.1, -0.05) is 17.7 Å². The Labute approximate surface area is 147 Å². The van der Waals surface area contributed by atoms with Crippen LogP contribution in [0.2, 0.25) is 5.02 Å². The number of hydrogen-bond acceptors (Lipinski definition) is 3. The first-order chi connectivity index (χ1) is 11.7. The van der Waals surface area contributed by atoms with Crippen molar-refractivity contribution in [3.63, 3.8) is 0 Å². The Bertz CT molecular complexity index is 779. The summed E-state index contributed by atoms with van der Waals surface area (Å²) in [6.07, 6.45) is -4.59. The summed E-state index contributed by atoms with van der Waals surface area (Å²) in [6.45, 7) is 1.75. The molecule has 0 unspecified atom stereocenters. The third kappa shape index (κ3) is 5.03. The average Bonchev–Trinajstić information content (AvgIpc) is 2.54. The third-order valence-electron chi connectivity index (χ3n) is 3.35. The Morgan fingerprint density at radius 1 is 1.20 bits per heavy atom. The second-order valence-corrected chi connectivity index (χ2v) is 5.71. The number of nitrogens with one attached hydrogen (secondary N) is 2. The van der Waals surface area contributed by atoms with Crippen LogP contribution in [0.15, 0.2) is 36.4 Å². The van der Waals surface area contributed by atoms with Crippen LogP contribution in [-0.2, 0) is 11.0 Å². The van der Waals surface area contributed by atoms with Gasteiger partial charge >= 0.3 is 6.18 Å². The maximum atomic E-state index is 12.8. The number of hydrogen-bond donors (Lipinski definition) is 2.